The van der Waals surface area contributed by atoms with Crippen molar-refractivity contribution in [2.75, 3.05) is 6.54 Å². The van der Waals surface area contributed by atoms with Crippen LogP contribution in [-0.4, -0.2) is 23.3 Å². The second-order valence-corrected chi connectivity index (χ2v) is 9.13. The van der Waals surface area contributed by atoms with Crippen molar-refractivity contribution in [3.63, 3.8) is 0 Å². The van der Waals surface area contributed by atoms with Crippen molar-refractivity contribution in [2.24, 2.45) is 0 Å². The second-order valence-electron chi connectivity index (χ2n) is 8.10. The number of carbonyl (C=O) groups is 2. The van der Waals surface area contributed by atoms with Crippen LogP contribution in [0.2, 0.25) is 0 Å². The highest BCUT2D eigenvalue weighted by atomic mass is 32.1. The van der Waals surface area contributed by atoms with Gasteiger partial charge in [0.1, 0.15) is 6.04 Å². The van der Waals surface area contributed by atoms with E-state index in [-0.39, 0.29) is 18.2 Å². The number of amides is 2. The summed E-state index contributed by atoms with van der Waals surface area (Å²) >= 11 is 1.56. The average molecular weight is 469 g/mol. The summed E-state index contributed by atoms with van der Waals surface area (Å²) in [6.45, 7) is 0.862. The van der Waals surface area contributed by atoms with Gasteiger partial charge in [0.25, 0.3) is 0 Å². The van der Waals surface area contributed by atoms with Crippen LogP contribution >= 0.6 is 11.3 Å². The van der Waals surface area contributed by atoms with Crippen LogP contribution in [0.3, 0.4) is 0 Å². The topological polar surface area (TPSA) is 49.4 Å². The molecule has 0 saturated heterocycles. The molecule has 1 N–H and O–H groups in total. The third-order valence-corrected chi connectivity index (χ3v) is 6.57. The molecule has 4 nitrogen and oxygen atoms in total. The zero-order chi connectivity index (χ0) is 23.6. The van der Waals surface area contributed by atoms with Gasteiger partial charge in [-0.15, -0.1) is 11.3 Å². The normalized spacial score (nSPS) is 11.5. The van der Waals surface area contributed by atoms with E-state index in [1.54, 1.807) is 16.2 Å². The molecular formula is C29H28N2O2S. The minimum Gasteiger partial charge on any atom is -0.350 e. The fraction of sp³-hybridized carbons (Fsp3) is 0.172. The van der Waals surface area contributed by atoms with Gasteiger partial charge in [-0.1, -0.05) is 97.1 Å². The minimum atomic E-state index is -0.707. The maximum absolute atomic E-state index is 13.6. The molecule has 0 fully saturated rings. The van der Waals surface area contributed by atoms with Gasteiger partial charge < -0.3 is 10.2 Å². The largest absolute Gasteiger partial charge is 0.350 e. The summed E-state index contributed by atoms with van der Waals surface area (Å²) < 4.78 is 0. The minimum absolute atomic E-state index is 0.0536. The van der Waals surface area contributed by atoms with Gasteiger partial charge in [0, 0.05) is 18.0 Å². The molecule has 0 saturated carbocycles. The van der Waals surface area contributed by atoms with E-state index < -0.39 is 6.04 Å². The monoisotopic (exact) mass is 468 g/mol. The quantitative estimate of drug-likeness (QED) is 0.338. The van der Waals surface area contributed by atoms with Crippen LogP contribution in [0.5, 0.6) is 0 Å². The summed E-state index contributed by atoms with van der Waals surface area (Å²) in [7, 11) is 0. The number of benzene rings is 3. The first kappa shape index (κ1) is 23.5. The smallest absolute Gasteiger partial charge is 0.247 e. The number of hydrogen-bond acceptors (Lipinski definition) is 3. The first-order valence-electron chi connectivity index (χ1n) is 11.4. The van der Waals surface area contributed by atoms with Crippen molar-refractivity contribution in [3.05, 3.63) is 130 Å². The number of nitrogens with zero attached hydrogens (tertiary/aromatic N) is 1. The van der Waals surface area contributed by atoms with Gasteiger partial charge in [0.05, 0.1) is 6.42 Å². The molecule has 0 aliphatic carbocycles. The van der Waals surface area contributed by atoms with E-state index in [2.05, 4.69) is 17.4 Å². The molecule has 1 atom stereocenters. The van der Waals surface area contributed by atoms with Gasteiger partial charge in [0.15, 0.2) is 0 Å². The summed E-state index contributed by atoms with van der Waals surface area (Å²) in [5.74, 6) is -0.232. The average Bonchev–Trinajstić information content (AvgIpc) is 3.40. The zero-order valence-corrected chi connectivity index (χ0v) is 19.8. The van der Waals surface area contributed by atoms with Crippen LogP contribution < -0.4 is 5.32 Å². The number of nitrogens with one attached hydrogen (secondary N) is 1. The third kappa shape index (κ3) is 6.42. The highest BCUT2D eigenvalue weighted by molar-refractivity contribution is 7.10. The Morgan fingerprint density at radius 2 is 1.38 bits per heavy atom. The predicted molar refractivity (Wildman–Crippen MR) is 137 cm³/mol. The van der Waals surface area contributed by atoms with E-state index in [0.29, 0.717) is 19.5 Å². The highest BCUT2D eigenvalue weighted by Crippen LogP contribution is 2.24. The van der Waals surface area contributed by atoms with E-state index >= 15 is 0 Å². The maximum atomic E-state index is 13.6. The number of thiophene rings is 1. The van der Waals surface area contributed by atoms with Crippen molar-refractivity contribution in [1.29, 1.82) is 0 Å². The Balaban J connectivity index is 1.61. The van der Waals surface area contributed by atoms with Gasteiger partial charge in [-0.3, -0.25) is 9.59 Å². The van der Waals surface area contributed by atoms with Crippen molar-refractivity contribution >= 4 is 23.2 Å². The molecule has 0 aliphatic heterocycles. The lowest BCUT2D eigenvalue weighted by Crippen LogP contribution is -2.45. The van der Waals surface area contributed by atoms with Crippen LogP contribution in [0.25, 0.3) is 0 Å². The summed E-state index contributed by atoms with van der Waals surface area (Å²) in [4.78, 5) is 29.9. The summed E-state index contributed by atoms with van der Waals surface area (Å²) in [6, 6.07) is 32.7. The molecule has 4 rings (SSSR count). The van der Waals surface area contributed by atoms with Crippen LogP contribution in [-0.2, 0) is 29.0 Å². The Morgan fingerprint density at radius 3 is 2.00 bits per heavy atom. The second kappa shape index (κ2) is 12.0. The molecule has 0 spiro atoms. The van der Waals surface area contributed by atoms with Gasteiger partial charge in [-0.2, -0.15) is 0 Å². The molecule has 3 aromatic carbocycles. The Morgan fingerprint density at radius 1 is 0.765 bits per heavy atom. The van der Waals surface area contributed by atoms with Gasteiger partial charge in [0.2, 0.25) is 11.8 Å². The van der Waals surface area contributed by atoms with Crippen molar-refractivity contribution in [1.82, 2.24) is 10.2 Å². The molecular weight excluding hydrogens is 440 g/mol. The van der Waals surface area contributed by atoms with Crippen molar-refractivity contribution in [2.45, 2.75) is 25.4 Å². The van der Waals surface area contributed by atoms with Crippen molar-refractivity contribution < 1.29 is 9.59 Å². The fourth-order valence-corrected chi connectivity index (χ4v) is 4.64. The first-order valence-corrected chi connectivity index (χ1v) is 12.3. The fourth-order valence-electron chi connectivity index (χ4n) is 3.95. The lowest BCUT2D eigenvalue weighted by molar-refractivity contribution is -0.140. The summed E-state index contributed by atoms with van der Waals surface area (Å²) in [5, 5.41) is 5.03. The van der Waals surface area contributed by atoms with Crippen LogP contribution in [0, 0.1) is 0 Å². The van der Waals surface area contributed by atoms with Crippen LogP contribution in [0.4, 0.5) is 0 Å². The predicted octanol–water partition coefficient (Wildman–Crippen LogP) is 5.42. The molecule has 4 aromatic rings. The van der Waals surface area contributed by atoms with Crippen LogP contribution in [0.15, 0.2) is 109 Å². The Hall–Kier alpha value is -3.70. The standard InChI is InChI=1S/C29H28N2O2S/c32-27(21-26-17-10-20-34-26)31(19-18-23-11-4-1-5-12-23)28(25-15-8-3-9-16-25)29(33)30-22-24-13-6-2-7-14-24/h1-17,20,28H,18-19,21-22H2,(H,30,33)/t28-/m1/s1. The Labute approximate surface area is 204 Å². The lowest BCUT2D eigenvalue weighted by Gasteiger charge is -2.31. The van der Waals surface area contributed by atoms with E-state index in [9.17, 15) is 9.59 Å². The van der Waals surface area contributed by atoms with E-state index in [1.165, 1.54) is 0 Å². The number of rotatable bonds is 10. The molecule has 172 valence electrons. The molecule has 2 amide bonds. The van der Waals surface area contributed by atoms with Crippen molar-refractivity contribution in [3.8, 4) is 0 Å². The van der Waals surface area contributed by atoms with Gasteiger partial charge in [-0.05, 0) is 34.6 Å². The van der Waals surface area contributed by atoms with Crippen LogP contribution in [0.1, 0.15) is 27.6 Å². The SMILES string of the molecule is O=C(NCc1ccccc1)[C@@H](c1ccccc1)N(CCc1ccccc1)C(=O)Cc1cccs1. The molecule has 0 aliphatic rings. The molecule has 5 heteroatoms. The van der Waals surface area contributed by atoms with E-state index in [4.69, 9.17) is 0 Å². The highest BCUT2D eigenvalue weighted by Gasteiger charge is 2.31. The molecule has 1 aromatic heterocycles. The van der Waals surface area contributed by atoms with E-state index in [1.807, 2.05) is 96.4 Å². The molecule has 34 heavy (non-hydrogen) atoms. The number of carbonyl (C=O) groups excluding carboxylic acids is 2. The lowest BCUT2D eigenvalue weighted by atomic mass is 10.0. The maximum Gasteiger partial charge on any atom is 0.247 e. The Bertz CT molecular complexity index is 1160. The van der Waals surface area contributed by atoms with Gasteiger partial charge in [-0.25, -0.2) is 0 Å². The number of hydrogen-bond donors (Lipinski definition) is 1. The zero-order valence-electron chi connectivity index (χ0n) is 19.0. The molecule has 0 bridgehead atoms. The molecule has 1 heterocycles. The Kier molecular flexibility index (Phi) is 8.25. The summed E-state index contributed by atoms with van der Waals surface area (Å²) in [5.41, 5.74) is 2.96. The third-order valence-electron chi connectivity index (χ3n) is 5.70. The van der Waals surface area contributed by atoms with E-state index in [0.717, 1.165) is 21.6 Å². The summed E-state index contributed by atoms with van der Waals surface area (Å²) in [6.07, 6.45) is 0.952. The van der Waals surface area contributed by atoms with Gasteiger partial charge >= 0.3 is 0 Å². The molecule has 0 radical (unpaired) electrons. The molecule has 0 unspecified atom stereocenters. The first-order chi connectivity index (χ1) is 16.7.